The Balaban J connectivity index is 2.38. The highest BCUT2D eigenvalue weighted by molar-refractivity contribution is 7.89. The number of nitrogens with one attached hydrogen (secondary N) is 2. The molecule has 4 nitrogen and oxygen atoms in total. The largest absolute Gasteiger partial charge is 0.315 e. The van der Waals surface area contributed by atoms with Gasteiger partial charge in [0.1, 0.15) is 0 Å². The van der Waals surface area contributed by atoms with Gasteiger partial charge in [0.05, 0.1) is 5.75 Å². The fourth-order valence-corrected chi connectivity index (χ4v) is 3.41. The van der Waals surface area contributed by atoms with E-state index in [1.54, 1.807) is 0 Å². The molecule has 0 bridgehead atoms. The van der Waals surface area contributed by atoms with E-state index < -0.39 is 10.0 Å². The summed E-state index contributed by atoms with van der Waals surface area (Å²) in [7, 11) is -3.10. The summed E-state index contributed by atoms with van der Waals surface area (Å²) in [4.78, 5) is 0. The lowest BCUT2D eigenvalue weighted by atomic mass is 9.94. The predicted molar refractivity (Wildman–Crippen MR) is 66.9 cm³/mol. The standard InChI is InChI=1S/C11H24N2O2S/c1-11(2,3)6-8-16(14,15)13-10-5-4-7-12-9-10/h10,12-13H,4-9H2,1-3H3/t10-/m1/s1. The van der Waals surface area contributed by atoms with Gasteiger partial charge in [-0.3, -0.25) is 0 Å². The molecule has 5 heteroatoms. The average Bonchev–Trinajstić information content (AvgIpc) is 2.15. The van der Waals surface area contributed by atoms with Crippen LogP contribution in [0.3, 0.4) is 0 Å². The van der Waals surface area contributed by atoms with E-state index in [-0.39, 0.29) is 17.2 Å². The van der Waals surface area contributed by atoms with E-state index in [1.807, 2.05) is 0 Å². The summed E-state index contributed by atoms with van der Waals surface area (Å²) in [6.45, 7) is 7.94. The van der Waals surface area contributed by atoms with Crippen molar-refractivity contribution in [2.45, 2.75) is 46.1 Å². The van der Waals surface area contributed by atoms with E-state index in [0.717, 1.165) is 25.9 Å². The molecule has 1 aliphatic rings. The summed E-state index contributed by atoms with van der Waals surface area (Å²) in [6.07, 6.45) is 2.69. The summed E-state index contributed by atoms with van der Waals surface area (Å²) in [5.74, 6) is 0.229. The lowest BCUT2D eigenvalue weighted by Crippen LogP contribution is -2.46. The molecule has 0 aromatic rings. The van der Waals surface area contributed by atoms with Crippen molar-refractivity contribution in [3.63, 3.8) is 0 Å². The van der Waals surface area contributed by atoms with Crippen LogP contribution in [0.5, 0.6) is 0 Å². The van der Waals surface area contributed by atoms with Crippen LogP contribution in [-0.2, 0) is 10.0 Å². The van der Waals surface area contributed by atoms with Crippen LogP contribution in [0.4, 0.5) is 0 Å². The predicted octanol–water partition coefficient (Wildman–Crippen LogP) is 1.09. The van der Waals surface area contributed by atoms with E-state index >= 15 is 0 Å². The fourth-order valence-electron chi connectivity index (χ4n) is 1.71. The third kappa shape index (κ3) is 5.82. The molecule has 96 valence electrons. The minimum absolute atomic E-state index is 0.0690. The van der Waals surface area contributed by atoms with E-state index in [0.29, 0.717) is 6.42 Å². The van der Waals surface area contributed by atoms with Crippen molar-refractivity contribution in [1.29, 1.82) is 0 Å². The van der Waals surface area contributed by atoms with Gasteiger partial charge >= 0.3 is 0 Å². The molecule has 1 heterocycles. The Labute approximate surface area is 99.2 Å². The summed E-state index contributed by atoms with van der Waals surface area (Å²) < 4.78 is 26.4. The van der Waals surface area contributed by atoms with Crippen LogP contribution in [0.1, 0.15) is 40.0 Å². The normalized spacial score (nSPS) is 23.3. The molecular weight excluding hydrogens is 224 g/mol. The Hall–Kier alpha value is -0.130. The molecule has 0 amide bonds. The molecule has 1 atom stereocenters. The van der Waals surface area contributed by atoms with Gasteiger partial charge in [0.15, 0.2) is 0 Å². The van der Waals surface area contributed by atoms with Crippen LogP contribution >= 0.6 is 0 Å². The van der Waals surface area contributed by atoms with Crippen molar-refractivity contribution in [3.05, 3.63) is 0 Å². The van der Waals surface area contributed by atoms with Gasteiger partial charge in [-0.2, -0.15) is 0 Å². The topological polar surface area (TPSA) is 58.2 Å². The molecule has 0 aromatic carbocycles. The first kappa shape index (κ1) is 13.9. The highest BCUT2D eigenvalue weighted by Crippen LogP contribution is 2.19. The minimum atomic E-state index is -3.10. The van der Waals surface area contributed by atoms with Crippen molar-refractivity contribution < 1.29 is 8.42 Å². The van der Waals surface area contributed by atoms with Gasteiger partial charge < -0.3 is 5.32 Å². The van der Waals surface area contributed by atoms with Crippen molar-refractivity contribution >= 4 is 10.0 Å². The first-order valence-electron chi connectivity index (χ1n) is 5.99. The van der Waals surface area contributed by atoms with Crippen molar-refractivity contribution in [2.24, 2.45) is 5.41 Å². The summed E-state index contributed by atoms with van der Waals surface area (Å²) >= 11 is 0. The maximum Gasteiger partial charge on any atom is 0.211 e. The fraction of sp³-hybridized carbons (Fsp3) is 1.00. The molecule has 1 rings (SSSR count). The molecule has 2 N–H and O–H groups in total. The van der Waals surface area contributed by atoms with Crippen LogP contribution < -0.4 is 10.0 Å². The molecule has 0 aliphatic carbocycles. The van der Waals surface area contributed by atoms with E-state index in [2.05, 4.69) is 30.8 Å². The van der Waals surface area contributed by atoms with Gasteiger partial charge in [0.25, 0.3) is 0 Å². The average molecular weight is 248 g/mol. The van der Waals surface area contributed by atoms with Crippen LogP contribution in [0.2, 0.25) is 0 Å². The third-order valence-corrected chi connectivity index (χ3v) is 4.20. The highest BCUT2D eigenvalue weighted by atomic mass is 32.2. The number of hydrogen-bond donors (Lipinski definition) is 2. The zero-order chi connectivity index (χ0) is 12.2. The first-order chi connectivity index (χ1) is 7.29. The second-order valence-corrected chi connectivity index (χ2v) is 7.66. The zero-order valence-corrected chi connectivity index (χ0v) is 11.4. The van der Waals surface area contributed by atoms with Crippen LogP contribution in [0.15, 0.2) is 0 Å². The van der Waals surface area contributed by atoms with Crippen LogP contribution in [0, 0.1) is 5.41 Å². The Kier molecular flexibility index (Phi) is 4.76. The number of hydrogen-bond acceptors (Lipinski definition) is 3. The molecule has 0 spiro atoms. The van der Waals surface area contributed by atoms with Gasteiger partial charge in [-0.15, -0.1) is 0 Å². The van der Waals surface area contributed by atoms with Gasteiger partial charge in [-0.05, 0) is 31.2 Å². The lowest BCUT2D eigenvalue weighted by molar-refractivity contribution is 0.392. The van der Waals surface area contributed by atoms with Crippen LogP contribution in [0.25, 0.3) is 0 Å². The van der Waals surface area contributed by atoms with E-state index in [9.17, 15) is 8.42 Å². The number of rotatable bonds is 4. The minimum Gasteiger partial charge on any atom is -0.315 e. The maximum atomic E-state index is 11.8. The Morgan fingerprint density at radius 1 is 1.38 bits per heavy atom. The van der Waals surface area contributed by atoms with Crippen molar-refractivity contribution in [3.8, 4) is 0 Å². The maximum absolute atomic E-state index is 11.8. The Morgan fingerprint density at radius 2 is 2.06 bits per heavy atom. The molecular formula is C11H24N2O2S. The van der Waals surface area contributed by atoms with Gasteiger partial charge in [-0.1, -0.05) is 20.8 Å². The molecule has 1 aliphatic heterocycles. The van der Waals surface area contributed by atoms with Gasteiger partial charge in [0.2, 0.25) is 10.0 Å². The highest BCUT2D eigenvalue weighted by Gasteiger charge is 2.22. The summed E-state index contributed by atoms with van der Waals surface area (Å²) in [5.41, 5.74) is 0.0690. The van der Waals surface area contributed by atoms with E-state index in [4.69, 9.17) is 0 Å². The summed E-state index contributed by atoms with van der Waals surface area (Å²) in [5, 5.41) is 3.20. The van der Waals surface area contributed by atoms with Crippen LogP contribution in [-0.4, -0.2) is 33.3 Å². The van der Waals surface area contributed by atoms with Gasteiger partial charge in [0, 0.05) is 12.6 Å². The monoisotopic (exact) mass is 248 g/mol. The molecule has 0 aromatic heterocycles. The van der Waals surface area contributed by atoms with Crippen molar-refractivity contribution in [1.82, 2.24) is 10.0 Å². The second kappa shape index (κ2) is 5.47. The number of piperidine rings is 1. The van der Waals surface area contributed by atoms with E-state index in [1.165, 1.54) is 0 Å². The molecule has 1 fully saturated rings. The molecule has 16 heavy (non-hydrogen) atoms. The second-order valence-electron chi connectivity index (χ2n) is 5.79. The Bertz CT molecular complexity index is 300. The smallest absolute Gasteiger partial charge is 0.211 e. The SMILES string of the molecule is CC(C)(C)CCS(=O)(=O)N[C@@H]1CCCNC1. The third-order valence-electron chi connectivity index (χ3n) is 2.76. The molecule has 0 saturated carbocycles. The molecule has 1 saturated heterocycles. The summed E-state index contributed by atoms with van der Waals surface area (Å²) in [6, 6.07) is 0.0821. The first-order valence-corrected chi connectivity index (χ1v) is 7.64. The molecule has 0 radical (unpaired) electrons. The quantitative estimate of drug-likeness (QED) is 0.783. The molecule has 0 unspecified atom stereocenters. The van der Waals surface area contributed by atoms with Crippen molar-refractivity contribution in [2.75, 3.05) is 18.8 Å². The number of sulfonamides is 1. The zero-order valence-electron chi connectivity index (χ0n) is 10.5. The Morgan fingerprint density at radius 3 is 2.56 bits per heavy atom. The lowest BCUT2D eigenvalue weighted by Gasteiger charge is -2.24. The van der Waals surface area contributed by atoms with Gasteiger partial charge in [-0.25, -0.2) is 13.1 Å².